The first-order valence-corrected chi connectivity index (χ1v) is 10.3. The SMILES string of the molecule is Cc1cc(C)n(Cc2cccc(NC(=O)CSCc3nnnn3C(C)C)c2)n1. The van der Waals surface area contributed by atoms with Crippen LogP contribution in [0.4, 0.5) is 5.69 Å². The number of hydrogen-bond acceptors (Lipinski definition) is 6. The quantitative estimate of drug-likeness (QED) is 0.626. The van der Waals surface area contributed by atoms with Gasteiger partial charge < -0.3 is 5.32 Å². The van der Waals surface area contributed by atoms with Gasteiger partial charge in [-0.15, -0.1) is 16.9 Å². The Morgan fingerprint density at radius 3 is 2.79 bits per heavy atom. The molecule has 0 aliphatic heterocycles. The molecule has 1 aromatic carbocycles. The Morgan fingerprint density at radius 2 is 2.07 bits per heavy atom. The molecule has 1 N–H and O–H groups in total. The topological polar surface area (TPSA) is 90.5 Å². The maximum Gasteiger partial charge on any atom is 0.234 e. The summed E-state index contributed by atoms with van der Waals surface area (Å²) in [5.41, 5.74) is 4.00. The Kier molecular flexibility index (Phi) is 6.45. The van der Waals surface area contributed by atoms with Crippen LogP contribution in [0.1, 0.15) is 42.7 Å². The number of anilines is 1. The van der Waals surface area contributed by atoms with Crippen molar-refractivity contribution in [2.24, 2.45) is 0 Å². The van der Waals surface area contributed by atoms with Crippen molar-refractivity contribution >= 4 is 23.4 Å². The maximum atomic E-state index is 12.3. The third-order valence-corrected chi connectivity index (χ3v) is 5.09. The Labute approximate surface area is 168 Å². The van der Waals surface area contributed by atoms with Crippen molar-refractivity contribution in [1.82, 2.24) is 30.0 Å². The first-order valence-electron chi connectivity index (χ1n) is 9.16. The lowest BCUT2D eigenvalue weighted by Gasteiger charge is -2.09. The molecule has 0 unspecified atom stereocenters. The molecule has 3 rings (SSSR count). The summed E-state index contributed by atoms with van der Waals surface area (Å²) in [6.07, 6.45) is 0. The molecule has 0 atom stereocenters. The lowest BCUT2D eigenvalue weighted by atomic mass is 10.2. The highest BCUT2D eigenvalue weighted by Gasteiger charge is 2.11. The molecule has 0 aliphatic rings. The number of rotatable bonds is 8. The van der Waals surface area contributed by atoms with Gasteiger partial charge in [0.25, 0.3) is 0 Å². The van der Waals surface area contributed by atoms with Crippen LogP contribution in [0.3, 0.4) is 0 Å². The highest BCUT2D eigenvalue weighted by atomic mass is 32.2. The molecule has 0 spiro atoms. The highest BCUT2D eigenvalue weighted by molar-refractivity contribution is 7.99. The Balaban J connectivity index is 1.52. The molecular formula is C19H25N7OS. The molecule has 0 radical (unpaired) electrons. The maximum absolute atomic E-state index is 12.3. The number of carbonyl (C=O) groups excluding carboxylic acids is 1. The predicted octanol–water partition coefficient (Wildman–Crippen LogP) is 2.99. The van der Waals surface area contributed by atoms with E-state index in [1.807, 2.05) is 56.6 Å². The van der Waals surface area contributed by atoms with Gasteiger partial charge in [-0.2, -0.15) is 5.10 Å². The Bertz CT molecular complexity index is 947. The minimum atomic E-state index is -0.0446. The van der Waals surface area contributed by atoms with Crippen LogP contribution in [-0.4, -0.2) is 41.6 Å². The molecule has 0 saturated heterocycles. The number of aryl methyl sites for hydroxylation is 2. The number of carbonyl (C=O) groups is 1. The average molecular weight is 400 g/mol. The zero-order valence-electron chi connectivity index (χ0n) is 16.6. The van der Waals surface area contributed by atoms with Crippen molar-refractivity contribution in [3.05, 3.63) is 53.1 Å². The molecule has 0 aliphatic carbocycles. The van der Waals surface area contributed by atoms with Crippen LogP contribution < -0.4 is 5.32 Å². The van der Waals surface area contributed by atoms with Crippen LogP contribution in [0.5, 0.6) is 0 Å². The standard InChI is InChI=1S/C19H25N7OS/c1-13(2)26-18(21-23-24-26)11-28-12-19(27)20-17-7-5-6-16(9-17)10-25-15(4)8-14(3)22-25/h5-9,13H,10-12H2,1-4H3,(H,20,27). The molecule has 0 bridgehead atoms. The van der Waals surface area contributed by atoms with Crippen molar-refractivity contribution in [3.63, 3.8) is 0 Å². The van der Waals surface area contributed by atoms with Gasteiger partial charge in [0.2, 0.25) is 5.91 Å². The number of nitrogens with zero attached hydrogens (tertiary/aromatic N) is 6. The van der Waals surface area contributed by atoms with Gasteiger partial charge in [-0.25, -0.2) is 4.68 Å². The molecule has 2 aromatic heterocycles. The number of amides is 1. The lowest BCUT2D eigenvalue weighted by molar-refractivity contribution is -0.113. The van der Waals surface area contributed by atoms with Crippen molar-refractivity contribution in [2.75, 3.05) is 11.1 Å². The largest absolute Gasteiger partial charge is 0.325 e. The molecule has 148 valence electrons. The summed E-state index contributed by atoms with van der Waals surface area (Å²) < 4.78 is 3.73. The second-order valence-electron chi connectivity index (χ2n) is 6.96. The van der Waals surface area contributed by atoms with E-state index in [0.29, 0.717) is 18.1 Å². The van der Waals surface area contributed by atoms with E-state index in [1.54, 1.807) is 4.68 Å². The monoisotopic (exact) mass is 399 g/mol. The van der Waals surface area contributed by atoms with Crippen molar-refractivity contribution in [1.29, 1.82) is 0 Å². The summed E-state index contributed by atoms with van der Waals surface area (Å²) in [5.74, 6) is 1.67. The predicted molar refractivity (Wildman–Crippen MR) is 110 cm³/mol. The number of thioether (sulfide) groups is 1. The smallest absolute Gasteiger partial charge is 0.234 e. The van der Waals surface area contributed by atoms with Gasteiger partial charge in [-0.05, 0) is 61.9 Å². The molecule has 8 nitrogen and oxygen atoms in total. The Morgan fingerprint density at radius 1 is 1.25 bits per heavy atom. The lowest BCUT2D eigenvalue weighted by Crippen LogP contribution is -2.15. The molecule has 28 heavy (non-hydrogen) atoms. The van der Waals surface area contributed by atoms with Gasteiger partial charge in [0, 0.05) is 11.4 Å². The minimum absolute atomic E-state index is 0.0446. The molecule has 2 heterocycles. The third-order valence-electron chi connectivity index (χ3n) is 4.16. The number of aromatic nitrogens is 6. The fourth-order valence-electron chi connectivity index (χ4n) is 2.90. The summed E-state index contributed by atoms with van der Waals surface area (Å²) >= 11 is 1.49. The van der Waals surface area contributed by atoms with E-state index in [2.05, 4.69) is 32.0 Å². The molecular weight excluding hydrogens is 374 g/mol. The van der Waals surface area contributed by atoms with Crippen LogP contribution in [-0.2, 0) is 17.1 Å². The van der Waals surface area contributed by atoms with E-state index in [9.17, 15) is 4.79 Å². The van der Waals surface area contributed by atoms with E-state index >= 15 is 0 Å². The number of hydrogen-bond donors (Lipinski definition) is 1. The van der Waals surface area contributed by atoms with Gasteiger partial charge in [0.15, 0.2) is 5.82 Å². The molecule has 9 heteroatoms. The fourth-order valence-corrected chi connectivity index (χ4v) is 3.63. The first-order chi connectivity index (χ1) is 13.4. The minimum Gasteiger partial charge on any atom is -0.325 e. The van der Waals surface area contributed by atoms with Crippen LogP contribution >= 0.6 is 11.8 Å². The fraction of sp³-hybridized carbons (Fsp3) is 0.421. The summed E-state index contributed by atoms with van der Waals surface area (Å²) in [6.45, 7) is 8.75. The summed E-state index contributed by atoms with van der Waals surface area (Å²) in [4.78, 5) is 12.3. The number of benzene rings is 1. The summed E-state index contributed by atoms with van der Waals surface area (Å²) in [6, 6.07) is 10.1. The van der Waals surface area contributed by atoms with Gasteiger partial charge in [-0.1, -0.05) is 12.1 Å². The number of nitrogens with one attached hydrogen (secondary N) is 1. The van der Waals surface area contributed by atoms with Gasteiger partial charge in [0.05, 0.1) is 29.8 Å². The van der Waals surface area contributed by atoms with Gasteiger partial charge in [-0.3, -0.25) is 9.48 Å². The third kappa shape index (κ3) is 5.19. The molecule has 3 aromatic rings. The van der Waals surface area contributed by atoms with Gasteiger partial charge in [0.1, 0.15) is 0 Å². The zero-order valence-corrected chi connectivity index (χ0v) is 17.4. The Hall–Kier alpha value is -2.68. The molecule has 1 amide bonds. The van der Waals surface area contributed by atoms with E-state index in [4.69, 9.17) is 0 Å². The normalized spacial score (nSPS) is 11.2. The summed E-state index contributed by atoms with van der Waals surface area (Å²) in [7, 11) is 0. The first kappa shape index (κ1) is 20.1. The molecule has 0 saturated carbocycles. The van der Waals surface area contributed by atoms with E-state index in [-0.39, 0.29) is 11.9 Å². The van der Waals surface area contributed by atoms with E-state index in [1.165, 1.54) is 11.8 Å². The zero-order chi connectivity index (χ0) is 20.1. The van der Waals surface area contributed by atoms with E-state index < -0.39 is 0 Å². The van der Waals surface area contributed by atoms with Crippen LogP contribution in [0, 0.1) is 13.8 Å². The molecule has 0 fully saturated rings. The highest BCUT2D eigenvalue weighted by Crippen LogP contribution is 2.16. The summed E-state index contributed by atoms with van der Waals surface area (Å²) in [5, 5.41) is 19.1. The second-order valence-corrected chi connectivity index (χ2v) is 7.95. The van der Waals surface area contributed by atoms with Crippen molar-refractivity contribution < 1.29 is 4.79 Å². The number of tetrazole rings is 1. The van der Waals surface area contributed by atoms with Crippen molar-refractivity contribution in [3.8, 4) is 0 Å². The average Bonchev–Trinajstić information content (AvgIpc) is 3.21. The van der Waals surface area contributed by atoms with Crippen molar-refractivity contribution in [2.45, 2.75) is 46.0 Å². The van der Waals surface area contributed by atoms with E-state index in [0.717, 1.165) is 28.5 Å². The van der Waals surface area contributed by atoms with Crippen LogP contribution in [0.2, 0.25) is 0 Å². The van der Waals surface area contributed by atoms with Crippen LogP contribution in [0.25, 0.3) is 0 Å². The second kappa shape index (κ2) is 9.01. The van der Waals surface area contributed by atoms with Gasteiger partial charge >= 0.3 is 0 Å². The van der Waals surface area contributed by atoms with Crippen LogP contribution in [0.15, 0.2) is 30.3 Å².